The van der Waals surface area contributed by atoms with Crippen molar-refractivity contribution < 1.29 is 22.0 Å². The van der Waals surface area contributed by atoms with Gasteiger partial charge in [0.25, 0.3) is 0 Å². The van der Waals surface area contributed by atoms with Crippen molar-refractivity contribution in [1.82, 2.24) is 0 Å². The van der Waals surface area contributed by atoms with E-state index in [2.05, 4.69) is 0 Å². The van der Waals surface area contributed by atoms with Crippen LogP contribution in [-0.4, -0.2) is 73.7 Å². The maximum atomic E-state index is 7.33. The molecule has 0 radical (unpaired) electrons. The van der Waals surface area contributed by atoms with Gasteiger partial charge >= 0.3 is 54.5 Å². The smallest absolute Gasteiger partial charge is 1.00 e. The molecule has 0 aliphatic heterocycles. The zero-order chi connectivity index (χ0) is 4.50. The number of rotatable bonds is 0. The van der Waals surface area contributed by atoms with Crippen LogP contribution in [0.25, 0.3) is 0 Å². The van der Waals surface area contributed by atoms with Crippen LogP contribution in [-0.2, 0) is 0 Å². The second kappa shape index (κ2) is 6.09. The van der Waals surface area contributed by atoms with Gasteiger partial charge in [-0.25, -0.2) is 0 Å². The molecule has 44 valence electrons. The average molecular weight is 220 g/mol. The molecule has 0 saturated carbocycles. The van der Waals surface area contributed by atoms with Crippen LogP contribution in [0.2, 0.25) is 0 Å². The molecule has 4 nitrogen and oxygen atoms in total. The number of hydrogen-bond acceptors (Lipinski definition) is 4. The topological polar surface area (TPSA) is 80.9 Å². The predicted molar refractivity (Wildman–Crippen MR) is 33.7 cm³/mol. The predicted octanol–water partition coefficient (Wildman–Crippen LogP) is -2.71. The molecule has 0 rings (SSSR count). The van der Waals surface area contributed by atoms with Crippen LogP contribution >= 0.6 is 9.90 Å². The summed E-state index contributed by atoms with van der Waals surface area (Å²) in [5.41, 5.74) is 0. The summed E-state index contributed by atoms with van der Waals surface area (Å²) in [6.07, 6.45) is 0. The Kier molecular flexibility index (Phi) is 13.9. The van der Waals surface area contributed by atoms with E-state index in [1.165, 1.54) is 0 Å². The fourth-order valence-corrected chi connectivity index (χ4v) is 0. The van der Waals surface area contributed by atoms with Crippen molar-refractivity contribution in [1.29, 1.82) is 0 Å². The molecular formula is H9O4PSiSr. The second-order valence-electron chi connectivity index (χ2n) is 0.600. The van der Waals surface area contributed by atoms with Crippen molar-refractivity contribution >= 4 is 64.4 Å². The molecule has 1 unspecified atom stereocenters. The molecule has 0 aromatic carbocycles. The van der Waals surface area contributed by atoms with Crippen molar-refractivity contribution in [3.05, 3.63) is 0 Å². The standard InChI is InChI=1S/H4O4Si.H3P.Sr.2H/c1-5(2,3)4;;;;/h1-4H;1H3;;;/q;;+2;2*-1. The third kappa shape index (κ3) is 73.3. The Balaban J connectivity index is -0.0000000133. The molecule has 0 aromatic heterocycles. The fraction of sp³-hybridized carbons (Fsp3) is 0. The Bertz CT molecular complexity index is 34.0. The van der Waals surface area contributed by atoms with E-state index in [1.807, 2.05) is 0 Å². The zero-order valence-corrected chi connectivity index (χ0v) is 9.59. The summed E-state index contributed by atoms with van der Waals surface area (Å²) in [6, 6.07) is 0. The molecule has 0 amide bonds. The van der Waals surface area contributed by atoms with E-state index in [0.717, 1.165) is 0 Å². The molecule has 0 aliphatic rings. The Morgan fingerprint density at radius 1 is 1.00 bits per heavy atom. The van der Waals surface area contributed by atoms with Gasteiger partial charge in [0.1, 0.15) is 0 Å². The molecule has 1 atom stereocenters. The molecule has 7 heavy (non-hydrogen) atoms. The van der Waals surface area contributed by atoms with Crippen LogP contribution in [0.1, 0.15) is 2.85 Å². The summed E-state index contributed by atoms with van der Waals surface area (Å²) in [5, 5.41) is 0. The summed E-state index contributed by atoms with van der Waals surface area (Å²) in [5.74, 6) is 0. The molecule has 0 bridgehead atoms. The SMILES string of the molecule is O[Si](O)(O)O.P.[H-].[H-].[Sr+2]. The molecule has 0 aromatic rings. The van der Waals surface area contributed by atoms with Crippen LogP contribution < -0.4 is 0 Å². The van der Waals surface area contributed by atoms with Gasteiger partial charge in [-0.3, -0.25) is 0 Å². The molecule has 0 fully saturated rings. The van der Waals surface area contributed by atoms with Gasteiger partial charge < -0.3 is 22.0 Å². The number of hydrogen-bond donors (Lipinski definition) is 4. The van der Waals surface area contributed by atoms with Crippen LogP contribution in [0.15, 0.2) is 0 Å². The first-order valence-electron chi connectivity index (χ1n) is 0.894. The van der Waals surface area contributed by atoms with Gasteiger partial charge in [0.2, 0.25) is 0 Å². The Morgan fingerprint density at radius 3 is 1.00 bits per heavy atom. The molecule has 4 N–H and O–H groups in total. The second-order valence-corrected chi connectivity index (χ2v) is 1.80. The summed E-state index contributed by atoms with van der Waals surface area (Å²) < 4.78 is 0. The first-order valence-corrected chi connectivity index (χ1v) is 2.68. The molecule has 7 heteroatoms. The van der Waals surface area contributed by atoms with Crippen LogP contribution in [0.4, 0.5) is 0 Å². The van der Waals surface area contributed by atoms with Gasteiger partial charge in [-0.2, -0.15) is 9.90 Å². The summed E-state index contributed by atoms with van der Waals surface area (Å²) >= 11 is 0. The molecular weight excluding hydrogens is 211 g/mol. The van der Waals surface area contributed by atoms with E-state index < -0.39 is 9.05 Å². The van der Waals surface area contributed by atoms with Gasteiger partial charge in [0.15, 0.2) is 0 Å². The molecule has 0 aliphatic carbocycles. The van der Waals surface area contributed by atoms with Gasteiger partial charge in [-0.1, -0.05) is 0 Å². The van der Waals surface area contributed by atoms with E-state index in [1.54, 1.807) is 0 Å². The molecule has 0 saturated heterocycles. The minimum atomic E-state index is -4.61. The van der Waals surface area contributed by atoms with E-state index in [-0.39, 0.29) is 58.2 Å². The Morgan fingerprint density at radius 2 is 1.00 bits per heavy atom. The average Bonchev–Trinajstić information content (AvgIpc) is 0.722. The van der Waals surface area contributed by atoms with Crippen molar-refractivity contribution in [2.24, 2.45) is 0 Å². The van der Waals surface area contributed by atoms with Gasteiger partial charge in [-0.15, -0.1) is 0 Å². The van der Waals surface area contributed by atoms with Crippen LogP contribution in [0.3, 0.4) is 0 Å². The Labute approximate surface area is 85.5 Å². The maximum absolute atomic E-state index is 7.33. The first-order chi connectivity index (χ1) is 2.00. The first kappa shape index (κ1) is 16.0. The zero-order valence-electron chi connectivity index (χ0n) is 5.70. The molecule has 0 spiro atoms. The van der Waals surface area contributed by atoms with Crippen molar-refractivity contribution in [3.8, 4) is 0 Å². The van der Waals surface area contributed by atoms with E-state index in [4.69, 9.17) is 19.2 Å². The minimum Gasteiger partial charge on any atom is -1.00 e. The fourth-order valence-electron chi connectivity index (χ4n) is 0. The van der Waals surface area contributed by atoms with E-state index in [9.17, 15) is 0 Å². The third-order valence-electron chi connectivity index (χ3n) is 0. The quantitative estimate of drug-likeness (QED) is 0.264. The van der Waals surface area contributed by atoms with Crippen LogP contribution in [0.5, 0.6) is 0 Å². The minimum absolute atomic E-state index is 0. The van der Waals surface area contributed by atoms with E-state index in [0.29, 0.717) is 0 Å². The van der Waals surface area contributed by atoms with Gasteiger partial charge in [0.05, 0.1) is 0 Å². The summed E-state index contributed by atoms with van der Waals surface area (Å²) in [6.45, 7) is 0. The normalized spacial score (nSPS) is 8.57. The summed E-state index contributed by atoms with van der Waals surface area (Å²) in [4.78, 5) is 29.3. The monoisotopic (exact) mass is 220 g/mol. The summed E-state index contributed by atoms with van der Waals surface area (Å²) in [7, 11) is -4.61. The molecule has 0 heterocycles. The van der Waals surface area contributed by atoms with Crippen molar-refractivity contribution in [2.75, 3.05) is 0 Å². The maximum Gasteiger partial charge on any atom is 2.00 e. The third-order valence-corrected chi connectivity index (χ3v) is 0. The van der Waals surface area contributed by atoms with E-state index >= 15 is 0 Å². The van der Waals surface area contributed by atoms with Crippen LogP contribution in [0, 0.1) is 0 Å². The van der Waals surface area contributed by atoms with Gasteiger partial charge in [-0.05, 0) is 0 Å². The Hall–Kier alpha value is 1.97. The van der Waals surface area contributed by atoms with Gasteiger partial charge in [0, 0.05) is 0 Å². The van der Waals surface area contributed by atoms with Crippen molar-refractivity contribution in [2.45, 2.75) is 0 Å². The van der Waals surface area contributed by atoms with Crippen molar-refractivity contribution in [3.63, 3.8) is 0 Å². The largest absolute Gasteiger partial charge is 2.00 e.